The Balaban J connectivity index is 1.91. The van der Waals surface area contributed by atoms with Crippen LogP contribution in [0.2, 0.25) is 0 Å². The number of likely N-dealkylation sites (N-methyl/N-ethyl adjacent to an activating group) is 1. The maximum atomic E-state index is 12.9. The molecule has 0 spiro atoms. The van der Waals surface area contributed by atoms with Crippen molar-refractivity contribution in [3.63, 3.8) is 0 Å². The Morgan fingerprint density at radius 3 is 2.48 bits per heavy atom. The Bertz CT molecular complexity index is 947. The number of hydrogen-bond donors (Lipinski definition) is 1. The molecule has 0 saturated heterocycles. The molecule has 0 aliphatic heterocycles. The molecule has 0 fully saturated rings. The van der Waals surface area contributed by atoms with Crippen LogP contribution in [0, 0.1) is 0 Å². The van der Waals surface area contributed by atoms with Crippen LogP contribution >= 0.6 is 0 Å². The molecule has 0 saturated carbocycles. The van der Waals surface area contributed by atoms with Gasteiger partial charge < -0.3 is 10.2 Å². The lowest BCUT2D eigenvalue weighted by atomic mass is 10.1. The summed E-state index contributed by atoms with van der Waals surface area (Å²) in [6, 6.07) is 16.2. The molecule has 1 heterocycles. The fourth-order valence-electron chi connectivity index (χ4n) is 2.80. The Kier molecular flexibility index (Phi) is 5.22. The Labute approximate surface area is 148 Å². The zero-order chi connectivity index (χ0) is 17.9. The van der Waals surface area contributed by atoms with Crippen LogP contribution in [0.5, 0.6) is 0 Å². The van der Waals surface area contributed by atoms with Gasteiger partial charge in [-0.1, -0.05) is 30.3 Å². The highest BCUT2D eigenvalue weighted by atomic mass is 32.2. The lowest BCUT2D eigenvalue weighted by Gasteiger charge is -2.11. The normalized spacial score (nSPS) is 12.1. The second kappa shape index (κ2) is 7.39. The van der Waals surface area contributed by atoms with E-state index in [9.17, 15) is 8.42 Å². The molecule has 3 aromatic rings. The highest BCUT2D eigenvalue weighted by Gasteiger charge is 2.19. The van der Waals surface area contributed by atoms with Gasteiger partial charge in [0.05, 0.1) is 10.4 Å². The van der Waals surface area contributed by atoms with Crippen molar-refractivity contribution in [1.29, 1.82) is 0 Å². The average molecular weight is 357 g/mol. The highest BCUT2D eigenvalue weighted by molar-refractivity contribution is 7.90. The first-order valence-corrected chi connectivity index (χ1v) is 9.69. The second-order valence-electron chi connectivity index (χ2n) is 6.26. The molecule has 0 unspecified atom stereocenters. The van der Waals surface area contributed by atoms with E-state index in [0.717, 1.165) is 24.0 Å². The molecule has 0 atom stereocenters. The smallest absolute Gasteiger partial charge is 0.268 e. The maximum Gasteiger partial charge on any atom is 0.268 e. The summed E-state index contributed by atoms with van der Waals surface area (Å²) in [5.41, 5.74) is 1.80. The fourth-order valence-corrected chi connectivity index (χ4v) is 4.17. The van der Waals surface area contributed by atoms with Crippen molar-refractivity contribution in [1.82, 2.24) is 14.2 Å². The van der Waals surface area contributed by atoms with Gasteiger partial charge in [0.15, 0.2) is 0 Å². The minimum absolute atomic E-state index is 0.294. The number of nitrogens with zero attached hydrogens (tertiary/aromatic N) is 2. The van der Waals surface area contributed by atoms with Crippen molar-refractivity contribution in [2.75, 3.05) is 27.2 Å². The second-order valence-corrected chi connectivity index (χ2v) is 8.07. The third-order valence-electron chi connectivity index (χ3n) is 4.14. The molecule has 0 aliphatic rings. The molecule has 0 bridgehead atoms. The van der Waals surface area contributed by atoms with E-state index in [2.05, 4.69) is 10.2 Å². The van der Waals surface area contributed by atoms with Gasteiger partial charge in [-0.25, -0.2) is 12.4 Å². The van der Waals surface area contributed by atoms with Crippen LogP contribution < -0.4 is 5.32 Å². The maximum absolute atomic E-state index is 12.9. The summed E-state index contributed by atoms with van der Waals surface area (Å²) >= 11 is 0. The molecular formula is C19H23N3O2S. The molecule has 6 heteroatoms. The van der Waals surface area contributed by atoms with Crippen LogP contribution in [0.25, 0.3) is 10.9 Å². The minimum Gasteiger partial charge on any atom is -0.311 e. The number of nitrogens with one attached hydrogen (secondary N) is 1. The zero-order valence-electron chi connectivity index (χ0n) is 14.5. The summed E-state index contributed by atoms with van der Waals surface area (Å²) in [6.45, 7) is 2.55. The average Bonchev–Trinajstić information content (AvgIpc) is 3.05. The van der Waals surface area contributed by atoms with Gasteiger partial charge in [-0.15, -0.1) is 0 Å². The Morgan fingerprint density at radius 2 is 1.76 bits per heavy atom. The number of fused-ring (bicyclic) bond motifs is 1. The molecule has 132 valence electrons. The summed E-state index contributed by atoms with van der Waals surface area (Å²) in [5, 5.41) is 4.36. The predicted octanol–water partition coefficient (Wildman–Crippen LogP) is 2.53. The van der Waals surface area contributed by atoms with Crippen LogP contribution in [0.15, 0.2) is 65.7 Å². The van der Waals surface area contributed by atoms with E-state index in [1.54, 1.807) is 30.5 Å². The lowest BCUT2D eigenvalue weighted by Crippen LogP contribution is -2.26. The van der Waals surface area contributed by atoms with E-state index in [1.165, 1.54) is 3.97 Å². The first-order valence-electron chi connectivity index (χ1n) is 8.25. The lowest BCUT2D eigenvalue weighted by molar-refractivity contribution is 0.400. The monoisotopic (exact) mass is 357 g/mol. The van der Waals surface area contributed by atoms with E-state index in [1.807, 2.05) is 44.4 Å². The zero-order valence-corrected chi connectivity index (χ0v) is 15.3. The standard InChI is InChI=1S/C19H23N3O2S/c1-21(2)14-12-20-15-16-7-6-10-19-18(16)11-13-22(19)25(23,24)17-8-4-3-5-9-17/h3-11,13,20H,12,14-15H2,1-2H3. The van der Waals surface area contributed by atoms with Crippen molar-refractivity contribution in [3.8, 4) is 0 Å². The number of hydrogen-bond acceptors (Lipinski definition) is 4. The van der Waals surface area contributed by atoms with Crippen LogP contribution in [0.1, 0.15) is 5.56 Å². The molecule has 2 aromatic carbocycles. The van der Waals surface area contributed by atoms with Crippen molar-refractivity contribution in [2.45, 2.75) is 11.4 Å². The molecular weight excluding hydrogens is 334 g/mol. The Morgan fingerprint density at radius 1 is 1.00 bits per heavy atom. The molecule has 1 aromatic heterocycles. The third-order valence-corrected chi connectivity index (χ3v) is 5.84. The molecule has 0 radical (unpaired) electrons. The molecule has 3 rings (SSSR count). The quantitative estimate of drug-likeness (QED) is 0.660. The summed E-state index contributed by atoms with van der Waals surface area (Å²) < 4.78 is 27.2. The van der Waals surface area contributed by atoms with Crippen molar-refractivity contribution >= 4 is 20.9 Å². The van der Waals surface area contributed by atoms with Gasteiger partial charge >= 0.3 is 0 Å². The minimum atomic E-state index is -3.59. The van der Waals surface area contributed by atoms with Crippen LogP contribution in [-0.4, -0.2) is 44.5 Å². The summed E-state index contributed by atoms with van der Waals surface area (Å²) in [7, 11) is 0.491. The molecule has 0 aliphatic carbocycles. The van der Waals surface area contributed by atoms with Gasteiger partial charge in [0.2, 0.25) is 0 Å². The fraction of sp³-hybridized carbons (Fsp3) is 0.263. The van der Waals surface area contributed by atoms with E-state index in [0.29, 0.717) is 17.0 Å². The number of aromatic nitrogens is 1. The van der Waals surface area contributed by atoms with Crippen LogP contribution in [0.4, 0.5) is 0 Å². The summed E-state index contributed by atoms with van der Waals surface area (Å²) in [6.07, 6.45) is 1.64. The highest BCUT2D eigenvalue weighted by Crippen LogP contribution is 2.24. The molecule has 0 amide bonds. The number of rotatable bonds is 7. The van der Waals surface area contributed by atoms with E-state index >= 15 is 0 Å². The van der Waals surface area contributed by atoms with Crippen molar-refractivity contribution in [3.05, 3.63) is 66.4 Å². The van der Waals surface area contributed by atoms with Gasteiger partial charge in [-0.3, -0.25) is 0 Å². The van der Waals surface area contributed by atoms with E-state index < -0.39 is 10.0 Å². The van der Waals surface area contributed by atoms with Crippen molar-refractivity contribution < 1.29 is 8.42 Å². The predicted molar refractivity (Wildman–Crippen MR) is 101 cm³/mol. The summed E-state index contributed by atoms with van der Waals surface area (Å²) in [4.78, 5) is 2.42. The first-order chi connectivity index (χ1) is 12.0. The van der Waals surface area contributed by atoms with Gasteiger partial charge in [-0.05, 0) is 43.9 Å². The molecule has 25 heavy (non-hydrogen) atoms. The number of benzene rings is 2. The van der Waals surface area contributed by atoms with Gasteiger partial charge in [-0.2, -0.15) is 0 Å². The van der Waals surface area contributed by atoms with E-state index in [4.69, 9.17) is 0 Å². The largest absolute Gasteiger partial charge is 0.311 e. The SMILES string of the molecule is CN(C)CCNCc1cccc2c1ccn2S(=O)(=O)c1ccccc1. The van der Waals surface area contributed by atoms with Crippen molar-refractivity contribution in [2.24, 2.45) is 0 Å². The van der Waals surface area contributed by atoms with E-state index in [-0.39, 0.29) is 0 Å². The van der Waals surface area contributed by atoms with Crippen LogP contribution in [-0.2, 0) is 16.6 Å². The van der Waals surface area contributed by atoms with Gasteiger partial charge in [0.1, 0.15) is 0 Å². The van der Waals surface area contributed by atoms with Gasteiger partial charge in [0.25, 0.3) is 10.0 Å². The van der Waals surface area contributed by atoms with Gasteiger partial charge in [0, 0.05) is 31.2 Å². The molecule has 5 nitrogen and oxygen atoms in total. The first kappa shape index (κ1) is 17.7. The van der Waals surface area contributed by atoms with Crippen LogP contribution in [0.3, 0.4) is 0 Å². The topological polar surface area (TPSA) is 54.3 Å². The third kappa shape index (κ3) is 3.76. The summed E-state index contributed by atoms with van der Waals surface area (Å²) in [5.74, 6) is 0. The Hall–Kier alpha value is -2.15. The molecule has 1 N–H and O–H groups in total.